The molecule has 6 heteroatoms. The molecule has 0 amide bonds. The molecule has 0 atom stereocenters. The second-order valence-electron chi connectivity index (χ2n) is 7.07. The van der Waals surface area contributed by atoms with Crippen molar-refractivity contribution in [1.29, 1.82) is 0 Å². The van der Waals surface area contributed by atoms with Crippen molar-refractivity contribution < 1.29 is 4.42 Å². The van der Waals surface area contributed by atoms with Crippen LogP contribution >= 0.6 is 0 Å². The average Bonchev–Trinajstić information content (AvgIpc) is 3.46. The van der Waals surface area contributed by atoms with Crippen molar-refractivity contribution in [3.63, 3.8) is 0 Å². The Hall–Kier alpha value is -3.41. The number of nitrogens with one attached hydrogen (secondary N) is 1. The summed E-state index contributed by atoms with van der Waals surface area (Å²) >= 11 is 0. The summed E-state index contributed by atoms with van der Waals surface area (Å²) in [5, 5.41) is 11.6. The number of fused-ring (bicyclic) bond motifs is 1. The lowest BCUT2D eigenvalue weighted by Gasteiger charge is -2.10. The van der Waals surface area contributed by atoms with Crippen LogP contribution in [0.1, 0.15) is 29.1 Å². The lowest BCUT2D eigenvalue weighted by molar-refractivity contribution is 0.580. The molecule has 0 unspecified atom stereocenters. The molecule has 1 aliphatic rings. The first-order chi connectivity index (χ1) is 13.8. The summed E-state index contributed by atoms with van der Waals surface area (Å²) in [6.45, 7) is 2.54. The molecule has 28 heavy (non-hydrogen) atoms. The molecule has 0 saturated carbocycles. The van der Waals surface area contributed by atoms with Gasteiger partial charge in [0.1, 0.15) is 5.82 Å². The van der Waals surface area contributed by atoms with Gasteiger partial charge in [0.2, 0.25) is 5.89 Å². The molecule has 2 aromatic carbocycles. The Balaban J connectivity index is 1.34. The van der Waals surface area contributed by atoms with E-state index in [2.05, 4.69) is 55.4 Å². The molecule has 0 spiro atoms. The molecular formula is C22H21N5O. The molecular weight excluding hydrogens is 350 g/mol. The van der Waals surface area contributed by atoms with Crippen molar-refractivity contribution in [1.82, 2.24) is 19.7 Å². The third-order valence-electron chi connectivity index (χ3n) is 5.22. The van der Waals surface area contributed by atoms with Crippen molar-refractivity contribution in [3.8, 4) is 17.1 Å². The van der Waals surface area contributed by atoms with E-state index in [0.29, 0.717) is 18.5 Å². The van der Waals surface area contributed by atoms with Crippen molar-refractivity contribution in [2.24, 2.45) is 0 Å². The fourth-order valence-electron chi connectivity index (χ4n) is 3.83. The van der Waals surface area contributed by atoms with E-state index < -0.39 is 0 Å². The Kier molecular flexibility index (Phi) is 4.16. The van der Waals surface area contributed by atoms with Crippen molar-refractivity contribution >= 4 is 6.01 Å². The van der Waals surface area contributed by atoms with Crippen LogP contribution in [0, 0.1) is 6.92 Å². The molecule has 1 aliphatic carbocycles. The summed E-state index contributed by atoms with van der Waals surface area (Å²) in [6, 6.07) is 17.0. The Morgan fingerprint density at radius 3 is 2.79 bits per heavy atom. The minimum absolute atomic E-state index is 0.411. The van der Waals surface area contributed by atoms with Crippen LogP contribution in [0.4, 0.5) is 6.01 Å². The molecule has 5 rings (SSSR count). The highest BCUT2D eigenvalue weighted by molar-refractivity contribution is 5.57. The van der Waals surface area contributed by atoms with Gasteiger partial charge in [0.15, 0.2) is 0 Å². The number of aryl methyl sites for hydroxylation is 3. The molecule has 140 valence electrons. The number of imidazole rings is 1. The van der Waals surface area contributed by atoms with Gasteiger partial charge in [-0.3, -0.25) is 4.57 Å². The van der Waals surface area contributed by atoms with Gasteiger partial charge in [-0.05, 0) is 61.6 Å². The van der Waals surface area contributed by atoms with Crippen LogP contribution in [0.5, 0.6) is 0 Å². The van der Waals surface area contributed by atoms with Gasteiger partial charge < -0.3 is 9.73 Å². The molecule has 0 radical (unpaired) electrons. The smallest absolute Gasteiger partial charge is 0.316 e. The van der Waals surface area contributed by atoms with Gasteiger partial charge >= 0.3 is 6.01 Å². The van der Waals surface area contributed by atoms with E-state index in [0.717, 1.165) is 29.2 Å². The summed E-state index contributed by atoms with van der Waals surface area (Å²) in [5.74, 6) is 1.48. The largest absolute Gasteiger partial charge is 0.403 e. The minimum Gasteiger partial charge on any atom is -0.403 e. The molecule has 4 aromatic rings. The summed E-state index contributed by atoms with van der Waals surface area (Å²) in [7, 11) is 0. The van der Waals surface area contributed by atoms with E-state index in [-0.39, 0.29) is 0 Å². The van der Waals surface area contributed by atoms with E-state index in [9.17, 15) is 0 Å². The highest BCUT2D eigenvalue weighted by atomic mass is 16.4. The van der Waals surface area contributed by atoms with Crippen LogP contribution in [-0.4, -0.2) is 19.7 Å². The van der Waals surface area contributed by atoms with E-state index in [1.807, 2.05) is 31.3 Å². The maximum atomic E-state index is 5.84. The average molecular weight is 371 g/mol. The number of rotatable bonds is 5. The Morgan fingerprint density at radius 1 is 1.04 bits per heavy atom. The summed E-state index contributed by atoms with van der Waals surface area (Å²) in [4.78, 5) is 4.45. The van der Waals surface area contributed by atoms with Crippen molar-refractivity contribution in [3.05, 3.63) is 77.4 Å². The van der Waals surface area contributed by atoms with E-state index in [1.165, 1.54) is 24.0 Å². The predicted octanol–water partition coefficient (Wildman–Crippen LogP) is 4.33. The number of anilines is 1. The van der Waals surface area contributed by atoms with Gasteiger partial charge in [-0.2, -0.15) is 0 Å². The van der Waals surface area contributed by atoms with E-state index >= 15 is 0 Å². The molecule has 6 nitrogen and oxygen atoms in total. The SMILES string of the molecule is Cc1ncc(CNc2nnc(-c3ccc4c(c3)CCC4)o2)n1-c1ccccc1. The molecule has 1 N–H and O–H groups in total. The van der Waals surface area contributed by atoms with Gasteiger partial charge in [0.05, 0.1) is 18.4 Å². The first-order valence-electron chi connectivity index (χ1n) is 9.56. The lowest BCUT2D eigenvalue weighted by atomic mass is 10.1. The van der Waals surface area contributed by atoms with E-state index in [4.69, 9.17) is 4.42 Å². The van der Waals surface area contributed by atoms with Crippen molar-refractivity contribution in [2.45, 2.75) is 32.7 Å². The van der Waals surface area contributed by atoms with Gasteiger partial charge in [0.25, 0.3) is 0 Å². The molecule has 0 saturated heterocycles. The zero-order chi connectivity index (χ0) is 18.9. The zero-order valence-electron chi connectivity index (χ0n) is 15.7. The van der Waals surface area contributed by atoms with E-state index in [1.54, 1.807) is 0 Å². The highest BCUT2D eigenvalue weighted by Crippen LogP contribution is 2.28. The number of benzene rings is 2. The van der Waals surface area contributed by atoms with Gasteiger partial charge in [-0.15, -0.1) is 5.10 Å². The number of hydrogen-bond donors (Lipinski definition) is 1. The summed E-state index contributed by atoms with van der Waals surface area (Å²) in [5.41, 5.74) is 5.92. The third-order valence-corrected chi connectivity index (χ3v) is 5.22. The lowest BCUT2D eigenvalue weighted by Crippen LogP contribution is -2.07. The standard InChI is InChI=1S/C22H21N5O/c1-15-23-13-20(27(15)19-8-3-2-4-9-19)14-24-22-26-25-21(28-22)18-11-10-16-6-5-7-17(16)12-18/h2-4,8-13H,5-7,14H2,1H3,(H,24,26). The summed E-state index contributed by atoms with van der Waals surface area (Å²) < 4.78 is 7.96. The van der Waals surface area contributed by atoms with Crippen LogP contribution in [0.25, 0.3) is 17.1 Å². The first kappa shape index (κ1) is 16.7. The fraction of sp³-hybridized carbons (Fsp3) is 0.227. The number of nitrogens with zero attached hydrogens (tertiary/aromatic N) is 4. The number of hydrogen-bond acceptors (Lipinski definition) is 5. The second-order valence-corrected chi connectivity index (χ2v) is 7.07. The third kappa shape index (κ3) is 3.07. The normalized spacial score (nSPS) is 12.9. The van der Waals surface area contributed by atoms with Gasteiger partial charge in [-0.1, -0.05) is 29.4 Å². The maximum Gasteiger partial charge on any atom is 0.316 e. The van der Waals surface area contributed by atoms with Gasteiger partial charge in [-0.25, -0.2) is 4.98 Å². The van der Waals surface area contributed by atoms with Crippen LogP contribution in [0.2, 0.25) is 0 Å². The molecule has 0 aliphatic heterocycles. The molecule has 0 fully saturated rings. The monoisotopic (exact) mass is 371 g/mol. The first-order valence-corrected chi connectivity index (χ1v) is 9.56. The highest BCUT2D eigenvalue weighted by Gasteiger charge is 2.15. The van der Waals surface area contributed by atoms with Crippen LogP contribution in [0.15, 0.2) is 59.1 Å². The molecule has 2 heterocycles. The Bertz CT molecular complexity index is 1110. The zero-order valence-corrected chi connectivity index (χ0v) is 15.7. The topological polar surface area (TPSA) is 68.8 Å². The molecule has 0 bridgehead atoms. The maximum absolute atomic E-state index is 5.84. The second kappa shape index (κ2) is 6.96. The van der Waals surface area contributed by atoms with Crippen molar-refractivity contribution in [2.75, 3.05) is 5.32 Å². The quantitative estimate of drug-likeness (QED) is 0.565. The van der Waals surface area contributed by atoms with Crippen LogP contribution in [0.3, 0.4) is 0 Å². The number of para-hydroxylation sites is 1. The Morgan fingerprint density at radius 2 is 1.89 bits per heavy atom. The number of aromatic nitrogens is 4. The fourth-order valence-corrected chi connectivity index (χ4v) is 3.83. The summed E-state index contributed by atoms with van der Waals surface area (Å²) in [6.07, 6.45) is 5.39. The molecule has 2 aromatic heterocycles. The van der Waals surface area contributed by atoms with Crippen LogP contribution in [-0.2, 0) is 19.4 Å². The van der Waals surface area contributed by atoms with Crippen LogP contribution < -0.4 is 5.32 Å². The minimum atomic E-state index is 0.411. The Labute approximate surface area is 163 Å². The van der Waals surface area contributed by atoms with Gasteiger partial charge in [0, 0.05) is 11.3 Å². The predicted molar refractivity (Wildman–Crippen MR) is 107 cm³/mol.